The number of nitrogens with one attached hydrogen (secondary N) is 1. The second-order valence-corrected chi connectivity index (χ2v) is 6.05. The van der Waals surface area contributed by atoms with Crippen molar-refractivity contribution in [2.24, 2.45) is 0 Å². The lowest BCUT2D eigenvalue weighted by Crippen LogP contribution is -2.03. The normalized spacial score (nSPS) is 10.6. The number of benzene rings is 2. The number of hydrogen-bond acceptors (Lipinski definition) is 3. The molecule has 2 N–H and O–H groups in total. The summed E-state index contributed by atoms with van der Waals surface area (Å²) in [5, 5.41) is 12.9. The minimum atomic E-state index is 0.247. The van der Waals surface area contributed by atoms with Crippen LogP contribution in [0.5, 0.6) is 5.75 Å². The molecule has 2 aromatic carbocycles. The van der Waals surface area contributed by atoms with Crippen LogP contribution in [0.3, 0.4) is 0 Å². The van der Waals surface area contributed by atoms with Crippen LogP contribution >= 0.6 is 31.9 Å². The Morgan fingerprint density at radius 3 is 2.65 bits per heavy atom. The van der Waals surface area contributed by atoms with Gasteiger partial charge in [0, 0.05) is 29.4 Å². The van der Waals surface area contributed by atoms with Gasteiger partial charge in [-0.2, -0.15) is 0 Å². The first-order chi connectivity index (χ1) is 9.61. The van der Waals surface area contributed by atoms with E-state index in [9.17, 15) is 5.11 Å². The molecular weight excluding hydrogens is 386 g/mol. The maximum absolute atomic E-state index is 9.49. The molecule has 2 rings (SSSR count). The van der Waals surface area contributed by atoms with Gasteiger partial charge in [0.2, 0.25) is 0 Å². The zero-order valence-corrected chi connectivity index (χ0v) is 14.2. The first-order valence-corrected chi connectivity index (χ1v) is 7.68. The Labute approximate surface area is 135 Å². The van der Waals surface area contributed by atoms with Crippen molar-refractivity contribution in [1.29, 1.82) is 0 Å². The molecule has 3 nitrogen and oxygen atoms in total. The van der Waals surface area contributed by atoms with Gasteiger partial charge in [-0.25, -0.2) is 0 Å². The Morgan fingerprint density at radius 1 is 1.15 bits per heavy atom. The van der Waals surface area contributed by atoms with Crippen LogP contribution in [-0.4, -0.2) is 12.2 Å². The van der Waals surface area contributed by atoms with Gasteiger partial charge in [-0.3, -0.25) is 0 Å². The first kappa shape index (κ1) is 15.4. The van der Waals surface area contributed by atoms with Gasteiger partial charge in [0.1, 0.15) is 5.75 Å². The van der Waals surface area contributed by atoms with Crippen molar-refractivity contribution >= 4 is 37.5 Å². The molecule has 0 saturated carbocycles. The molecule has 0 atom stereocenters. The van der Waals surface area contributed by atoms with Gasteiger partial charge in [0.25, 0.3) is 0 Å². The lowest BCUT2D eigenvalue weighted by molar-refractivity contribution is 0.185. The zero-order valence-electron chi connectivity index (χ0n) is 11.0. The highest BCUT2D eigenvalue weighted by Crippen LogP contribution is 2.27. The number of rotatable bonds is 5. The van der Waals surface area contributed by atoms with E-state index in [-0.39, 0.29) is 5.75 Å². The fourth-order valence-electron chi connectivity index (χ4n) is 1.87. The van der Waals surface area contributed by atoms with E-state index in [0.29, 0.717) is 17.6 Å². The van der Waals surface area contributed by atoms with Crippen LogP contribution in [0.15, 0.2) is 45.3 Å². The van der Waals surface area contributed by atoms with E-state index in [0.717, 1.165) is 21.3 Å². The molecule has 0 aliphatic rings. The quantitative estimate of drug-likeness (QED) is 0.765. The number of ether oxygens (including phenoxy) is 1. The molecule has 0 aliphatic heterocycles. The molecule has 0 amide bonds. The molecule has 0 radical (unpaired) electrons. The number of halogens is 2. The van der Waals surface area contributed by atoms with Crippen molar-refractivity contribution in [2.75, 3.05) is 12.4 Å². The van der Waals surface area contributed by atoms with E-state index < -0.39 is 0 Å². The Bertz CT molecular complexity index is 602. The summed E-state index contributed by atoms with van der Waals surface area (Å²) in [7, 11) is 1.68. The van der Waals surface area contributed by atoms with Crippen molar-refractivity contribution in [3.63, 3.8) is 0 Å². The van der Waals surface area contributed by atoms with Crippen LogP contribution in [0.25, 0.3) is 0 Å². The summed E-state index contributed by atoms with van der Waals surface area (Å²) in [4.78, 5) is 0. The van der Waals surface area contributed by atoms with Crippen LogP contribution in [0.4, 0.5) is 5.69 Å². The Hall–Kier alpha value is -1.04. The lowest BCUT2D eigenvalue weighted by atomic mass is 10.1. The third-order valence-corrected chi connectivity index (χ3v) is 4.28. The summed E-state index contributed by atoms with van der Waals surface area (Å²) in [6.45, 7) is 1.22. The highest BCUT2D eigenvalue weighted by molar-refractivity contribution is 9.10. The highest BCUT2D eigenvalue weighted by Gasteiger charge is 2.06. The van der Waals surface area contributed by atoms with Crippen molar-refractivity contribution in [3.05, 3.63) is 56.5 Å². The monoisotopic (exact) mass is 399 g/mol. The van der Waals surface area contributed by atoms with Gasteiger partial charge in [-0.15, -0.1) is 0 Å². The minimum Gasteiger partial charge on any atom is -0.507 e. The van der Waals surface area contributed by atoms with Crippen LogP contribution in [-0.2, 0) is 17.9 Å². The number of hydrogen-bond donors (Lipinski definition) is 2. The lowest BCUT2D eigenvalue weighted by Gasteiger charge is -2.13. The van der Waals surface area contributed by atoms with Gasteiger partial charge in [-0.1, -0.05) is 28.1 Å². The van der Waals surface area contributed by atoms with Crippen molar-refractivity contribution in [3.8, 4) is 5.75 Å². The van der Waals surface area contributed by atoms with Crippen molar-refractivity contribution in [1.82, 2.24) is 0 Å². The number of aromatic hydroxyl groups is 1. The summed E-state index contributed by atoms with van der Waals surface area (Å²) in [6.07, 6.45) is 0. The molecule has 0 unspecified atom stereocenters. The summed E-state index contributed by atoms with van der Waals surface area (Å²) < 4.78 is 6.95. The Kier molecular flexibility index (Phi) is 5.46. The van der Waals surface area contributed by atoms with E-state index in [2.05, 4.69) is 37.2 Å². The molecule has 0 spiro atoms. The summed E-state index contributed by atoms with van der Waals surface area (Å²) in [5.74, 6) is 0.247. The average Bonchev–Trinajstić information content (AvgIpc) is 2.43. The first-order valence-electron chi connectivity index (χ1n) is 6.09. The molecule has 5 heteroatoms. The van der Waals surface area contributed by atoms with Gasteiger partial charge in [0.05, 0.1) is 11.1 Å². The molecule has 20 heavy (non-hydrogen) atoms. The SMILES string of the molecule is COCc1c(Br)cccc1NCc1ccc(O)c(Br)c1. The molecule has 0 heterocycles. The fraction of sp³-hybridized carbons (Fsp3) is 0.200. The molecular formula is C15H15Br2NO2. The molecule has 0 saturated heterocycles. The van der Waals surface area contributed by atoms with Crippen LogP contribution in [0.1, 0.15) is 11.1 Å². The second-order valence-electron chi connectivity index (χ2n) is 4.34. The predicted molar refractivity (Wildman–Crippen MR) is 88.0 cm³/mol. The zero-order chi connectivity index (χ0) is 14.5. The number of phenolic OH excluding ortho intramolecular Hbond substituents is 1. The standard InChI is InChI=1S/C15H15Br2NO2/c1-20-9-11-12(16)3-2-4-14(11)18-8-10-5-6-15(19)13(17)7-10/h2-7,18-19H,8-9H2,1H3. The maximum Gasteiger partial charge on any atom is 0.129 e. The smallest absolute Gasteiger partial charge is 0.129 e. The summed E-state index contributed by atoms with van der Waals surface area (Å²) in [6, 6.07) is 11.5. The third kappa shape index (κ3) is 3.75. The van der Waals surface area contributed by atoms with Gasteiger partial charge < -0.3 is 15.2 Å². The van der Waals surface area contributed by atoms with Crippen LogP contribution in [0, 0.1) is 0 Å². The van der Waals surface area contributed by atoms with Crippen LogP contribution < -0.4 is 5.32 Å². The maximum atomic E-state index is 9.49. The number of phenols is 1. The Balaban J connectivity index is 2.14. The molecule has 2 aromatic rings. The predicted octanol–water partition coefficient (Wildman–Crippen LogP) is 4.68. The molecule has 106 valence electrons. The summed E-state index contributed by atoms with van der Waals surface area (Å²) in [5.41, 5.74) is 3.20. The fourth-order valence-corrected chi connectivity index (χ4v) is 2.78. The highest BCUT2D eigenvalue weighted by atomic mass is 79.9. The molecule has 0 bridgehead atoms. The second kappa shape index (κ2) is 7.11. The molecule has 0 aromatic heterocycles. The van der Waals surface area contributed by atoms with Crippen molar-refractivity contribution in [2.45, 2.75) is 13.2 Å². The average molecular weight is 401 g/mol. The Morgan fingerprint density at radius 2 is 1.95 bits per heavy atom. The van der Waals surface area contributed by atoms with E-state index in [1.165, 1.54) is 0 Å². The van der Waals surface area contributed by atoms with E-state index >= 15 is 0 Å². The third-order valence-electron chi connectivity index (χ3n) is 2.90. The van der Waals surface area contributed by atoms with E-state index in [1.54, 1.807) is 13.2 Å². The topological polar surface area (TPSA) is 41.5 Å². The molecule has 0 fully saturated rings. The number of methoxy groups -OCH3 is 1. The summed E-state index contributed by atoms with van der Waals surface area (Å²) >= 11 is 6.85. The van der Waals surface area contributed by atoms with Gasteiger partial charge in [-0.05, 0) is 45.8 Å². The van der Waals surface area contributed by atoms with Gasteiger partial charge >= 0.3 is 0 Å². The molecule has 0 aliphatic carbocycles. The van der Waals surface area contributed by atoms with Gasteiger partial charge in [0.15, 0.2) is 0 Å². The van der Waals surface area contributed by atoms with Crippen molar-refractivity contribution < 1.29 is 9.84 Å². The minimum absolute atomic E-state index is 0.247. The largest absolute Gasteiger partial charge is 0.507 e. The van der Waals surface area contributed by atoms with Crippen LogP contribution in [0.2, 0.25) is 0 Å². The van der Waals surface area contributed by atoms with E-state index in [1.807, 2.05) is 30.3 Å². The van der Waals surface area contributed by atoms with E-state index in [4.69, 9.17) is 4.74 Å². The number of anilines is 1.